The number of methoxy groups -OCH3 is 1. The van der Waals surface area contributed by atoms with Crippen LogP contribution in [0.1, 0.15) is 22.8 Å². The second-order valence-electron chi connectivity index (χ2n) is 6.08. The lowest BCUT2D eigenvalue weighted by Crippen LogP contribution is -2.31. The van der Waals surface area contributed by atoms with E-state index in [0.29, 0.717) is 30.2 Å². The summed E-state index contributed by atoms with van der Waals surface area (Å²) in [4.78, 5) is 16.6. The number of hydrogen-bond acceptors (Lipinski definition) is 6. The maximum Gasteiger partial charge on any atom is 0.265 e. The molecule has 0 unspecified atom stereocenters. The maximum atomic E-state index is 12.9. The van der Waals surface area contributed by atoms with Crippen LogP contribution < -0.4 is 14.2 Å². The number of amides is 1. The number of sulfonamides is 1. The number of benzene rings is 2. The van der Waals surface area contributed by atoms with Crippen molar-refractivity contribution in [3.63, 3.8) is 0 Å². The number of carbonyl (C=O) groups is 1. The number of nitrogens with one attached hydrogen (secondary N) is 1. The summed E-state index contributed by atoms with van der Waals surface area (Å²) in [6, 6.07) is 11.0. The Kier molecular flexibility index (Phi) is 6.18. The van der Waals surface area contributed by atoms with E-state index in [4.69, 9.17) is 9.47 Å². The molecule has 1 heterocycles. The van der Waals surface area contributed by atoms with E-state index in [-0.39, 0.29) is 10.5 Å². The lowest BCUT2D eigenvalue weighted by atomic mass is 10.2. The van der Waals surface area contributed by atoms with Crippen LogP contribution in [-0.2, 0) is 16.6 Å². The van der Waals surface area contributed by atoms with Crippen LogP contribution in [0.15, 0.2) is 66.1 Å². The van der Waals surface area contributed by atoms with Crippen molar-refractivity contribution < 1.29 is 22.7 Å². The second kappa shape index (κ2) is 8.78. The molecule has 0 spiro atoms. The molecule has 0 fully saturated rings. The van der Waals surface area contributed by atoms with E-state index in [0.717, 1.165) is 0 Å². The average Bonchev–Trinajstić information content (AvgIpc) is 3.21. The fourth-order valence-electron chi connectivity index (χ4n) is 2.79. The first-order valence-electron chi connectivity index (χ1n) is 8.86. The van der Waals surface area contributed by atoms with Gasteiger partial charge in [-0.25, -0.2) is 18.1 Å². The second-order valence-corrected chi connectivity index (χ2v) is 7.73. The highest BCUT2D eigenvalue weighted by molar-refractivity contribution is 7.90. The van der Waals surface area contributed by atoms with E-state index in [1.54, 1.807) is 47.6 Å². The molecule has 8 nitrogen and oxygen atoms in total. The number of carbonyl (C=O) groups excluding carboxylic acids is 1. The number of nitrogens with zero attached hydrogens (tertiary/aromatic N) is 2. The summed E-state index contributed by atoms with van der Waals surface area (Å²) in [5, 5.41) is 0. The van der Waals surface area contributed by atoms with Crippen LogP contribution in [0.25, 0.3) is 0 Å². The molecule has 2 aromatic carbocycles. The number of aromatic nitrogens is 2. The van der Waals surface area contributed by atoms with Crippen LogP contribution in [0.4, 0.5) is 0 Å². The Morgan fingerprint density at radius 1 is 1.17 bits per heavy atom. The summed E-state index contributed by atoms with van der Waals surface area (Å²) in [6.45, 7) is 2.57. The third-order valence-electron chi connectivity index (χ3n) is 4.13. The molecule has 0 aliphatic carbocycles. The van der Waals surface area contributed by atoms with Crippen LogP contribution >= 0.6 is 0 Å². The minimum absolute atomic E-state index is 0.0277. The van der Waals surface area contributed by atoms with Crippen LogP contribution in [0.2, 0.25) is 0 Å². The van der Waals surface area contributed by atoms with E-state index >= 15 is 0 Å². The fourth-order valence-corrected chi connectivity index (χ4v) is 4.00. The van der Waals surface area contributed by atoms with Crippen molar-refractivity contribution >= 4 is 15.9 Å². The molecule has 0 atom stereocenters. The lowest BCUT2D eigenvalue weighted by molar-refractivity contribution is 0.0981. The van der Waals surface area contributed by atoms with Gasteiger partial charge in [0.1, 0.15) is 0 Å². The summed E-state index contributed by atoms with van der Waals surface area (Å²) >= 11 is 0. The number of hydrogen-bond donors (Lipinski definition) is 1. The van der Waals surface area contributed by atoms with Crippen LogP contribution in [0.3, 0.4) is 0 Å². The van der Waals surface area contributed by atoms with Gasteiger partial charge < -0.3 is 14.0 Å². The first-order chi connectivity index (χ1) is 13.9. The Labute approximate surface area is 169 Å². The Balaban J connectivity index is 1.85. The van der Waals surface area contributed by atoms with Crippen molar-refractivity contribution in [2.45, 2.75) is 18.4 Å². The zero-order chi connectivity index (χ0) is 20.9. The first kappa shape index (κ1) is 20.4. The number of rotatable bonds is 8. The molecule has 0 aliphatic heterocycles. The van der Waals surface area contributed by atoms with Gasteiger partial charge in [0.15, 0.2) is 11.5 Å². The fraction of sp³-hybridized carbons (Fsp3) is 0.200. The van der Waals surface area contributed by atoms with Gasteiger partial charge in [-0.3, -0.25) is 4.79 Å². The van der Waals surface area contributed by atoms with Crippen LogP contribution in [0, 0.1) is 0 Å². The molecule has 1 amide bonds. The molecule has 9 heteroatoms. The molecule has 29 heavy (non-hydrogen) atoms. The SMILES string of the molecule is CCOc1ccc(C(=O)NS(=O)(=O)c2ccccc2Cn2ccnc2)cc1OC. The Hall–Kier alpha value is -3.33. The minimum Gasteiger partial charge on any atom is -0.493 e. The lowest BCUT2D eigenvalue weighted by Gasteiger charge is -2.13. The average molecular weight is 415 g/mol. The molecule has 1 N–H and O–H groups in total. The molecule has 152 valence electrons. The van der Waals surface area contributed by atoms with Gasteiger partial charge in [0.05, 0.1) is 24.9 Å². The van der Waals surface area contributed by atoms with Crippen molar-refractivity contribution in [1.82, 2.24) is 14.3 Å². The van der Waals surface area contributed by atoms with Gasteiger partial charge in [0.2, 0.25) is 0 Å². The maximum absolute atomic E-state index is 12.9. The van der Waals surface area contributed by atoms with Gasteiger partial charge in [0.25, 0.3) is 15.9 Å². The molecule has 3 aromatic rings. The van der Waals surface area contributed by atoms with Gasteiger partial charge in [-0.05, 0) is 36.8 Å². The van der Waals surface area contributed by atoms with Gasteiger partial charge >= 0.3 is 0 Å². The van der Waals surface area contributed by atoms with Gasteiger partial charge in [-0.1, -0.05) is 18.2 Å². The largest absolute Gasteiger partial charge is 0.493 e. The van der Waals surface area contributed by atoms with Gasteiger partial charge in [-0.15, -0.1) is 0 Å². The molecule has 0 saturated carbocycles. The van der Waals surface area contributed by atoms with Crippen molar-refractivity contribution in [3.05, 3.63) is 72.3 Å². The summed E-state index contributed by atoms with van der Waals surface area (Å²) in [7, 11) is -2.64. The quantitative estimate of drug-likeness (QED) is 0.607. The predicted molar refractivity (Wildman–Crippen MR) is 107 cm³/mol. The molecule has 0 aliphatic rings. The normalized spacial score (nSPS) is 11.1. The third-order valence-corrected chi connectivity index (χ3v) is 5.56. The smallest absolute Gasteiger partial charge is 0.265 e. The summed E-state index contributed by atoms with van der Waals surface area (Å²) in [6.07, 6.45) is 4.93. The molecular weight excluding hydrogens is 394 g/mol. The number of imidazole rings is 1. The van der Waals surface area contributed by atoms with Crippen molar-refractivity contribution in [2.75, 3.05) is 13.7 Å². The van der Waals surface area contributed by atoms with Crippen molar-refractivity contribution in [3.8, 4) is 11.5 Å². The third kappa shape index (κ3) is 4.75. The van der Waals surface area contributed by atoms with Crippen LogP contribution in [-0.4, -0.2) is 37.6 Å². The van der Waals surface area contributed by atoms with Crippen LogP contribution in [0.5, 0.6) is 11.5 Å². The van der Waals surface area contributed by atoms with Gasteiger partial charge in [0, 0.05) is 24.5 Å². The Bertz CT molecular complexity index is 1100. The van der Waals surface area contributed by atoms with Crippen molar-refractivity contribution in [2.24, 2.45) is 0 Å². The number of ether oxygens (including phenoxy) is 2. The Morgan fingerprint density at radius 3 is 2.66 bits per heavy atom. The monoisotopic (exact) mass is 415 g/mol. The highest BCUT2D eigenvalue weighted by Gasteiger charge is 2.22. The molecule has 3 rings (SSSR count). The molecule has 1 aromatic heterocycles. The Morgan fingerprint density at radius 2 is 1.97 bits per heavy atom. The molecule has 0 radical (unpaired) electrons. The molecule has 0 bridgehead atoms. The zero-order valence-corrected chi connectivity index (χ0v) is 16.8. The molecular formula is C20H21N3O5S. The highest BCUT2D eigenvalue weighted by atomic mass is 32.2. The standard InChI is InChI=1S/C20H21N3O5S/c1-3-28-17-9-8-15(12-18(17)27-2)20(24)22-29(25,26)19-7-5-4-6-16(19)13-23-11-10-21-14-23/h4-12,14H,3,13H2,1-2H3,(H,22,24). The van der Waals surface area contributed by atoms with E-state index in [2.05, 4.69) is 9.71 Å². The van der Waals surface area contributed by atoms with E-state index in [9.17, 15) is 13.2 Å². The molecule has 0 saturated heterocycles. The minimum atomic E-state index is -4.09. The van der Waals surface area contributed by atoms with Crippen molar-refractivity contribution in [1.29, 1.82) is 0 Å². The first-order valence-corrected chi connectivity index (χ1v) is 10.3. The predicted octanol–water partition coefficient (Wildman–Crippen LogP) is 2.46. The van der Waals surface area contributed by atoms with E-state index in [1.807, 2.05) is 6.92 Å². The summed E-state index contributed by atoms with van der Waals surface area (Å²) < 4.78 is 40.3. The van der Waals surface area contributed by atoms with E-state index in [1.165, 1.54) is 25.3 Å². The summed E-state index contributed by atoms with van der Waals surface area (Å²) in [5.41, 5.74) is 0.677. The highest BCUT2D eigenvalue weighted by Crippen LogP contribution is 2.28. The topological polar surface area (TPSA) is 99.5 Å². The zero-order valence-electron chi connectivity index (χ0n) is 16.0. The van der Waals surface area contributed by atoms with Gasteiger partial charge in [-0.2, -0.15) is 0 Å². The summed E-state index contributed by atoms with van der Waals surface area (Å²) in [5.74, 6) is 0.0567. The van der Waals surface area contributed by atoms with E-state index < -0.39 is 15.9 Å².